The first-order valence-electron chi connectivity index (χ1n) is 20.6. The molecule has 1 aromatic heterocycles. The zero-order chi connectivity index (χ0) is 38.9. The van der Waals surface area contributed by atoms with E-state index in [0.717, 1.165) is 22.5 Å². The lowest BCUT2D eigenvalue weighted by Crippen LogP contribution is -2.37. The van der Waals surface area contributed by atoms with E-state index in [2.05, 4.69) is 195 Å². The number of hydrogen-bond acceptors (Lipinski definition) is 2. The van der Waals surface area contributed by atoms with Gasteiger partial charge in [-0.15, -0.1) is 0 Å². The minimum atomic E-state index is -0.0353. The molecule has 0 aliphatic heterocycles. The van der Waals surface area contributed by atoms with Gasteiger partial charge in [0.05, 0.1) is 11.4 Å². The molecule has 0 saturated carbocycles. The Morgan fingerprint density at radius 1 is 0.321 bits per heavy atom. The maximum absolute atomic E-state index is 4.80. The minimum Gasteiger partial charge on any atom is -0.236 e. The van der Waals surface area contributed by atoms with E-state index in [1.165, 1.54) is 66.8 Å². The van der Waals surface area contributed by atoms with E-state index in [1.54, 1.807) is 6.33 Å². The van der Waals surface area contributed by atoms with Crippen LogP contribution in [-0.4, -0.2) is 9.97 Å². The van der Waals surface area contributed by atoms with Crippen molar-refractivity contribution in [2.75, 3.05) is 0 Å². The monoisotopic (exact) mass is 728 g/mol. The van der Waals surface area contributed by atoms with Crippen LogP contribution in [0, 0.1) is 23.7 Å². The SMILES string of the molecule is CC(C)C1(C(C)C)c2ccccc2-c2ccc(-c3cccc(-c4cc(-c5cccc(-c6ccc7c(c6)C(C(C)C)(C(C)C)c6ccccc6-7)c5)ncn4)c3)cc21. The Morgan fingerprint density at radius 3 is 1.09 bits per heavy atom. The lowest BCUT2D eigenvalue weighted by Gasteiger charge is -2.40. The summed E-state index contributed by atoms with van der Waals surface area (Å²) >= 11 is 0. The van der Waals surface area contributed by atoms with Crippen molar-refractivity contribution in [3.63, 3.8) is 0 Å². The summed E-state index contributed by atoms with van der Waals surface area (Å²) in [5.41, 5.74) is 20.1. The van der Waals surface area contributed by atoms with Gasteiger partial charge in [0.1, 0.15) is 6.33 Å². The molecule has 0 atom stereocenters. The third-order valence-electron chi connectivity index (χ3n) is 13.5. The van der Waals surface area contributed by atoms with Gasteiger partial charge in [-0.05, 0) is 121 Å². The van der Waals surface area contributed by atoms with E-state index in [9.17, 15) is 0 Å². The molecule has 1 heterocycles. The molecule has 0 spiro atoms. The molecule has 2 aliphatic rings. The average molecular weight is 729 g/mol. The molecule has 56 heavy (non-hydrogen) atoms. The summed E-state index contributed by atoms with van der Waals surface area (Å²) in [4.78, 5) is 9.60. The average Bonchev–Trinajstić information content (AvgIpc) is 3.69. The smallest absolute Gasteiger partial charge is 0.116 e. The maximum Gasteiger partial charge on any atom is 0.116 e. The van der Waals surface area contributed by atoms with Crippen LogP contribution in [0.1, 0.15) is 77.6 Å². The summed E-state index contributed by atoms with van der Waals surface area (Å²) in [7, 11) is 0. The quantitative estimate of drug-likeness (QED) is 0.156. The van der Waals surface area contributed by atoms with Crippen molar-refractivity contribution in [2.45, 2.75) is 66.2 Å². The molecule has 278 valence electrons. The van der Waals surface area contributed by atoms with Gasteiger partial charge < -0.3 is 0 Å². The van der Waals surface area contributed by atoms with E-state index in [-0.39, 0.29) is 10.8 Å². The third-order valence-corrected chi connectivity index (χ3v) is 13.5. The first-order valence-corrected chi connectivity index (χ1v) is 20.6. The molecule has 0 N–H and O–H groups in total. The van der Waals surface area contributed by atoms with Crippen LogP contribution < -0.4 is 0 Å². The molecule has 9 rings (SSSR count). The summed E-state index contributed by atoms with van der Waals surface area (Å²) in [6.07, 6.45) is 1.71. The van der Waals surface area contributed by atoms with Crippen LogP contribution in [0.25, 0.3) is 67.0 Å². The lowest BCUT2D eigenvalue weighted by molar-refractivity contribution is 0.280. The highest BCUT2D eigenvalue weighted by Crippen LogP contribution is 2.58. The number of rotatable bonds is 8. The van der Waals surface area contributed by atoms with Crippen LogP contribution in [0.4, 0.5) is 0 Å². The summed E-state index contributed by atoms with van der Waals surface area (Å²) in [5, 5.41) is 0. The highest BCUT2D eigenvalue weighted by molar-refractivity contribution is 5.87. The maximum atomic E-state index is 4.80. The van der Waals surface area contributed by atoms with Crippen molar-refractivity contribution in [2.24, 2.45) is 23.7 Å². The number of nitrogens with zero attached hydrogens (tertiary/aromatic N) is 2. The number of hydrogen-bond donors (Lipinski definition) is 0. The molecule has 2 heteroatoms. The van der Waals surface area contributed by atoms with Crippen LogP contribution in [0.15, 0.2) is 146 Å². The lowest BCUT2D eigenvalue weighted by atomic mass is 9.63. The standard InChI is InChI=1S/C54H52N2/c1-33(2)53(34(3)4)47-21-11-9-19-43(47)45-25-23-39(29-49(45)53)37-15-13-17-41(27-37)51-31-52(56-32-55-51)42-18-14-16-38(28-42)40-24-26-46-44-20-10-12-22-48(44)54(35(5)6,36(7)8)50(46)30-40/h9-36H,1-8H3. The molecular weight excluding hydrogens is 677 g/mol. The van der Waals surface area contributed by atoms with Crippen LogP contribution in [0.2, 0.25) is 0 Å². The Labute approximate surface area is 333 Å². The molecule has 0 fully saturated rings. The number of fused-ring (bicyclic) bond motifs is 6. The second kappa shape index (κ2) is 13.6. The molecule has 0 amide bonds. The molecule has 0 unspecified atom stereocenters. The van der Waals surface area contributed by atoms with Crippen molar-refractivity contribution in [3.05, 3.63) is 168 Å². The second-order valence-electron chi connectivity index (χ2n) is 17.4. The molecule has 0 bridgehead atoms. The van der Waals surface area contributed by atoms with Gasteiger partial charge in [0.15, 0.2) is 0 Å². The molecular formula is C54H52N2. The summed E-state index contributed by atoms with van der Waals surface area (Å²) < 4.78 is 0. The van der Waals surface area contributed by atoms with Crippen molar-refractivity contribution in [1.29, 1.82) is 0 Å². The van der Waals surface area contributed by atoms with E-state index < -0.39 is 0 Å². The summed E-state index contributed by atoms with van der Waals surface area (Å²) in [6, 6.07) is 52.2. The Morgan fingerprint density at radius 2 is 0.679 bits per heavy atom. The largest absolute Gasteiger partial charge is 0.236 e. The normalized spacial score (nSPS) is 14.6. The van der Waals surface area contributed by atoms with E-state index in [0.29, 0.717) is 23.7 Å². The molecule has 0 saturated heterocycles. The summed E-state index contributed by atoms with van der Waals surface area (Å²) in [6.45, 7) is 19.1. The van der Waals surface area contributed by atoms with E-state index in [4.69, 9.17) is 9.97 Å². The molecule has 7 aromatic rings. The van der Waals surface area contributed by atoms with Crippen LogP contribution >= 0.6 is 0 Å². The van der Waals surface area contributed by atoms with Gasteiger partial charge in [-0.2, -0.15) is 0 Å². The fourth-order valence-electron chi connectivity index (χ4n) is 11.3. The highest BCUT2D eigenvalue weighted by Gasteiger charge is 2.49. The fraction of sp³-hybridized carbons (Fsp3) is 0.259. The first-order chi connectivity index (χ1) is 27.1. The first kappa shape index (κ1) is 36.1. The van der Waals surface area contributed by atoms with Gasteiger partial charge in [-0.3, -0.25) is 0 Å². The van der Waals surface area contributed by atoms with Crippen LogP contribution in [-0.2, 0) is 10.8 Å². The molecule has 2 aliphatic carbocycles. The summed E-state index contributed by atoms with van der Waals surface area (Å²) in [5.74, 6) is 1.83. The topological polar surface area (TPSA) is 25.8 Å². The van der Waals surface area contributed by atoms with Gasteiger partial charge in [0.2, 0.25) is 0 Å². The van der Waals surface area contributed by atoms with Gasteiger partial charge in [-0.25, -0.2) is 9.97 Å². The van der Waals surface area contributed by atoms with Crippen molar-refractivity contribution in [3.8, 4) is 67.0 Å². The molecule has 2 nitrogen and oxygen atoms in total. The predicted molar refractivity (Wildman–Crippen MR) is 236 cm³/mol. The van der Waals surface area contributed by atoms with E-state index in [1.807, 2.05) is 0 Å². The second-order valence-corrected chi connectivity index (χ2v) is 17.4. The predicted octanol–water partition coefficient (Wildman–Crippen LogP) is 14.3. The van der Waals surface area contributed by atoms with Crippen molar-refractivity contribution < 1.29 is 0 Å². The Kier molecular flexibility index (Phi) is 8.73. The van der Waals surface area contributed by atoms with Crippen LogP contribution in [0.3, 0.4) is 0 Å². The number of benzene rings is 6. The zero-order valence-corrected chi connectivity index (χ0v) is 34.1. The Balaban J connectivity index is 1.06. The van der Waals surface area contributed by atoms with Gasteiger partial charge in [0, 0.05) is 22.0 Å². The molecule has 0 radical (unpaired) electrons. The van der Waals surface area contributed by atoms with Gasteiger partial charge >= 0.3 is 0 Å². The van der Waals surface area contributed by atoms with E-state index >= 15 is 0 Å². The van der Waals surface area contributed by atoms with Gasteiger partial charge in [0.25, 0.3) is 0 Å². The van der Waals surface area contributed by atoms with Crippen molar-refractivity contribution >= 4 is 0 Å². The highest BCUT2D eigenvalue weighted by atomic mass is 14.8. The van der Waals surface area contributed by atoms with Crippen molar-refractivity contribution in [1.82, 2.24) is 9.97 Å². The number of aromatic nitrogens is 2. The zero-order valence-electron chi connectivity index (χ0n) is 34.1. The van der Waals surface area contributed by atoms with Crippen LogP contribution in [0.5, 0.6) is 0 Å². The Hall–Kier alpha value is -5.60. The minimum absolute atomic E-state index is 0.0353. The fourth-order valence-corrected chi connectivity index (χ4v) is 11.3. The third kappa shape index (κ3) is 5.22. The van der Waals surface area contributed by atoms with Gasteiger partial charge in [-0.1, -0.05) is 165 Å². The Bertz CT molecular complexity index is 2430. The molecule has 6 aromatic carbocycles.